The molecule has 2 N–H and O–H groups in total. The van der Waals surface area contributed by atoms with Gasteiger partial charge in [-0.05, 0) is 12.2 Å². The monoisotopic (exact) mass is 209 g/mol. The summed E-state index contributed by atoms with van der Waals surface area (Å²) in [5, 5.41) is 11.0. The van der Waals surface area contributed by atoms with E-state index >= 15 is 0 Å². The van der Waals surface area contributed by atoms with Gasteiger partial charge < -0.3 is 10.4 Å². The molecule has 12 heavy (non-hydrogen) atoms. The zero-order valence-corrected chi connectivity index (χ0v) is 8.65. The molecule has 0 fully saturated rings. The fourth-order valence-electron chi connectivity index (χ4n) is 0.785. The van der Waals surface area contributed by atoms with Crippen LogP contribution in [0.1, 0.15) is 6.42 Å². The molecule has 0 spiro atoms. The summed E-state index contributed by atoms with van der Waals surface area (Å²) >= 11 is 8.09. The van der Waals surface area contributed by atoms with Gasteiger partial charge in [0.05, 0.1) is 6.61 Å². The van der Waals surface area contributed by atoms with E-state index in [-0.39, 0.29) is 18.4 Å². The van der Waals surface area contributed by atoms with Gasteiger partial charge in [0.25, 0.3) is 0 Å². The Morgan fingerprint density at radius 3 is 2.58 bits per heavy atom. The lowest BCUT2D eigenvalue weighted by atomic mass is 10.1. The minimum Gasteiger partial charge on any atom is -0.395 e. The molecule has 0 aliphatic carbocycles. The molecular weight excluding hydrogens is 194 g/mol. The van der Waals surface area contributed by atoms with Gasteiger partial charge in [0.2, 0.25) is 5.91 Å². The van der Waals surface area contributed by atoms with Crippen LogP contribution in [0.4, 0.5) is 0 Å². The van der Waals surface area contributed by atoms with Crippen LogP contribution in [0.15, 0.2) is 0 Å². The number of aliphatic hydroxyl groups is 1. The number of thiol groups is 2. The third kappa shape index (κ3) is 4.90. The van der Waals surface area contributed by atoms with E-state index in [2.05, 4.69) is 30.6 Å². The number of carbonyl (C=O) groups is 1. The van der Waals surface area contributed by atoms with Gasteiger partial charge in [-0.15, -0.1) is 0 Å². The average Bonchev–Trinajstić information content (AvgIpc) is 2.10. The molecule has 3 nitrogen and oxygen atoms in total. The quantitative estimate of drug-likeness (QED) is 0.464. The SMILES string of the molecule is O=C(NCCO)C(CS)CCS. The zero-order chi connectivity index (χ0) is 9.40. The first-order valence-corrected chi connectivity index (χ1v) is 5.13. The molecule has 72 valence electrons. The van der Waals surface area contributed by atoms with Gasteiger partial charge in [-0.3, -0.25) is 4.79 Å². The van der Waals surface area contributed by atoms with E-state index in [9.17, 15) is 4.79 Å². The summed E-state index contributed by atoms with van der Waals surface area (Å²) in [4.78, 5) is 11.2. The molecular formula is C7H15NO2S2. The molecule has 0 aromatic carbocycles. The minimum atomic E-state index is -0.0858. The lowest BCUT2D eigenvalue weighted by Gasteiger charge is -2.12. The predicted octanol–water partition coefficient (Wildman–Crippen LogP) is -0.0392. The van der Waals surface area contributed by atoms with Gasteiger partial charge in [-0.25, -0.2) is 0 Å². The Labute approximate surface area is 83.7 Å². The van der Waals surface area contributed by atoms with Crippen molar-refractivity contribution in [3.63, 3.8) is 0 Å². The molecule has 1 atom stereocenters. The second-order valence-corrected chi connectivity index (χ2v) is 3.22. The van der Waals surface area contributed by atoms with Crippen LogP contribution in [-0.2, 0) is 4.79 Å². The molecule has 0 aliphatic rings. The molecule has 0 aromatic heterocycles. The maximum Gasteiger partial charge on any atom is 0.224 e. The molecule has 0 rings (SSSR count). The Bertz CT molecular complexity index is 133. The van der Waals surface area contributed by atoms with Gasteiger partial charge in [0.15, 0.2) is 0 Å². The maximum atomic E-state index is 11.2. The summed E-state index contributed by atoms with van der Waals surface area (Å²) in [6.07, 6.45) is 0.726. The normalized spacial score (nSPS) is 12.6. The van der Waals surface area contributed by atoms with Crippen molar-refractivity contribution in [2.75, 3.05) is 24.7 Å². The third-order valence-corrected chi connectivity index (χ3v) is 2.18. The summed E-state index contributed by atoms with van der Waals surface area (Å²) in [7, 11) is 0. The van der Waals surface area contributed by atoms with Crippen LogP contribution in [0.2, 0.25) is 0 Å². The molecule has 0 radical (unpaired) electrons. The van der Waals surface area contributed by atoms with E-state index in [1.165, 1.54) is 0 Å². The summed E-state index contributed by atoms with van der Waals surface area (Å²) in [6.45, 7) is 0.293. The molecule has 1 unspecified atom stereocenters. The first kappa shape index (κ1) is 12.1. The van der Waals surface area contributed by atoms with Crippen LogP contribution in [0, 0.1) is 5.92 Å². The van der Waals surface area contributed by atoms with Gasteiger partial charge >= 0.3 is 0 Å². The van der Waals surface area contributed by atoms with Gasteiger partial charge in [0, 0.05) is 18.2 Å². The van der Waals surface area contributed by atoms with Crippen molar-refractivity contribution in [3.8, 4) is 0 Å². The number of nitrogens with one attached hydrogen (secondary N) is 1. The van der Waals surface area contributed by atoms with E-state index in [4.69, 9.17) is 5.11 Å². The van der Waals surface area contributed by atoms with Crippen molar-refractivity contribution in [3.05, 3.63) is 0 Å². The van der Waals surface area contributed by atoms with E-state index in [1.54, 1.807) is 0 Å². The van der Waals surface area contributed by atoms with Gasteiger partial charge in [-0.1, -0.05) is 0 Å². The molecule has 0 bridgehead atoms. The second kappa shape index (κ2) is 7.76. The average molecular weight is 209 g/mol. The van der Waals surface area contributed by atoms with Gasteiger partial charge in [0.1, 0.15) is 0 Å². The Hall–Kier alpha value is 0.130. The first-order valence-electron chi connectivity index (χ1n) is 3.86. The molecule has 5 heteroatoms. The Balaban J connectivity index is 3.69. The summed E-state index contributed by atoms with van der Waals surface area (Å²) in [6, 6.07) is 0. The lowest BCUT2D eigenvalue weighted by Crippen LogP contribution is -2.33. The third-order valence-electron chi connectivity index (χ3n) is 1.48. The molecule has 0 heterocycles. The minimum absolute atomic E-state index is 0.0219. The summed E-state index contributed by atoms with van der Waals surface area (Å²) in [5.74, 6) is 1.07. The first-order chi connectivity index (χ1) is 5.76. The van der Waals surface area contributed by atoms with Crippen molar-refractivity contribution in [1.82, 2.24) is 5.32 Å². The number of amides is 1. The van der Waals surface area contributed by atoms with Crippen LogP contribution in [-0.4, -0.2) is 35.7 Å². The fourth-order valence-corrected chi connectivity index (χ4v) is 1.44. The van der Waals surface area contributed by atoms with Crippen LogP contribution in [0.25, 0.3) is 0 Å². The second-order valence-electron chi connectivity index (χ2n) is 2.41. The number of carbonyl (C=O) groups excluding carboxylic acids is 1. The largest absolute Gasteiger partial charge is 0.395 e. The van der Waals surface area contributed by atoms with Crippen molar-refractivity contribution in [1.29, 1.82) is 0 Å². The molecule has 1 amide bonds. The lowest BCUT2D eigenvalue weighted by molar-refractivity contribution is -0.124. The van der Waals surface area contributed by atoms with E-state index in [0.717, 1.165) is 6.42 Å². The van der Waals surface area contributed by atoms with Crippen molar-refractivity contribution < 1.29 is 9.90 Å². The maximum absolute atomic E-state index is 11.2. The Morgan fingerprint density at radius 2 is 2.17 bits per heavy atom. The highest BCUT2D eigenvalue weighted by Gasteiger charge is 2.14. The number of hydrogen-bond acceptors (Lipinski definition) is 4. The summed E-state index contributed by atoms with van der Waals surface area (Å²) < 4.78 is 0. The highest BCUT2D eigenvalue weighted by atomic mass is 32.1. The highest BCUT2D eigenvalue weighted by molar-refractivity contribution is 7.80. The standard InChI is InChI=1S/C7H15NO2S2/c9-3-2-8-7(10)6(5-12)1-4-11/h6,9,11-12H,1-5H2,(H,8,10). The van der Waals surface area contributed by atoms with E-state index in [0.29, 0.717) is 18.1 Å². The van der Waals surface area contributed by atoms with Crippen LogP contribution in [0.5, 0.6) is 0 Å². The zero-order valence-electron chi connectivity index (χ0n) is 6.86. The van der Waals surface area contributed by atoms with E-state index in [1.807, 2.05) is 0 Å². The highest BCUT2D eigenvalue weighted by Crippen LogP contribution is 2.06. The smallest absolute Gasteiger partial charge is 0.224 e. The van der Waals surface area contributed by atoms with Crippen molar-refractivity contribution in [2.45, 2.75) is 6.42 Å². The summed E-state index contributed by atoms with van der Waals surface area (Å²) in [5.41, 5.74) is 0. The number of hydrogen-bond donors (Lipinski definition) is 4. The topological polar surface area (TPSA) is 49.3 Å². The van der Waals surface area contributed by atoms with Crippen LogP contribution < -0.4 is 5.32 Å². The Morgan fingerprint density at radius 1 is 1.50 bits per heavy atom. The van der Waals surface area contributed by atoms with Gasteiger partial charge in [-0.2, -0.15) is 25.3 Å². The molecule has 0 aliphatic heterocycles. The predicted molar refractivity (Wildman–Crippen MR) is 55.9 cm³/mol. The number of aliphatic hydroxyl groups excluding tert-OH is 1. The van der Waals surface area contributed by atoms with Crippen molar-refractivity contribution >= 4 is 31.2 Å². The Kier molecular flexibility index (Phi) is 7.85. The van der Waals surface area contributed by atoms with Crippen LogP contribution in [0.3, 0.4) is 0 Å². The molecule has 0 saturated heterocycles. The molecule has 0 aromatic rings. The van der Waals surface area contributed by atoms with Crippen LogP contribution >= 0.6 is 25.3 Å². The van der Waals surface area contributed by atoms with E-state index < -0.39 is 0 Å². The number of rotatable bonds is 6. The molecule has 0 saturated carbocycles. The van der Waals surface area contributed by atoms with Crippen molar-refractivity contribution in [2.24, 2.45) is 5.92 Å². The fraction of sp³-hybridized carbons (Fsp3) is 0.857.